The van der Waals surface area contributed by atoms with Crippen molar-refractivity contribution in [1.29, 1.82) is 0 Å². The number of nitrogens with one attached hydrogen (secondary N) is 1. The van der Waals surface area contributed by atoms with E-state index in [2.05, 4.69) is 25.2 Å². The van der Waals surface area contributed by atoms with Gasteiger partial charge in [-0.2, -0.15) is 0 Å². The van der Waals surface area contributed by atoms with Crippen LogP contribution < -0.4 is 10.9 Å². The predicted molar refractivity (Wildman–Crippen MR) is 89.0 cm³/mol. The van der Waals surface area contributed by atoms with E-state index in [4.69, 9.17) is 0 Å². The molecule has 0 aliphatic carbocycles. The lowest BCUT2D eigenvalue weighted by Gasteiger charge is -2.19. The maximum atomic E-state index is 12.8. The second-order valence-electron chi connectivity index (χ2n) is 6.06. The van der Waals surface area contributed by atoms with Gasteiger partial charge in [-0.05, 0) is 19.3 Å². The average Bonchev–Trinajstić information content (AvgIpc) is 3.02. The van der Waals surface area contributed by atoms with Crippen LogP contribution >= 0.6 is 0 Å². The van der Waals surface area contributed by atoms with E-state index >= 15 is 0 Å². The van der Waals surface area contributed by atoms with Crippen LogP contribution in [0.3, 0.4) is 0 Å². The van der Waals surface area contributed by atoms with Gasteiger partial charge in [-0.25, -0.2) is 14.0 Å². The van der Waals surface area contributed by atoms with Gasteiger partial charge in [0.2, 0.25) is 0 Å². The average molecular weight is 351 g/mol. The number of hydrogen-bond acceptors (Lipinski definition) is 7. The van der Waals surface area contributed by atoms with Crippen LogP contribution in [0.25, 0.3) is 0 Å². The van der Waals surface area contributed by atoms with Gasteiger partial charge in [-0.15, -0.1) is 0 Å². The lowest BCUT2D eigenvalue weighted by molar-refractivity contribution is -0.120. The van der Waals surface area contributed by atoms with Crippen molar-refractivity contribution in [3.63, 3.8) is 0 Å². The summed E-state index contributed by atoms with van der Waals surface area (Å²) in [4.78, 5) is 28.9. The molecule has 2 aromatic heterocycles. The molecule has 1 unspecified atom stereocenters. The molecule has 2 rings (SSSR count). The first-order chi connectivity index (χ1) is 11.9. The number of aromatic nitrogens is 4. The molecule has 0 aliphatic heterocycles. The molecule has 2 heterocycles. The molecule has 0 fully saturated rings. The Kier molecular flexibility index (Phi) is 6.00. The molecule has 25 heavy (non-hydrogen) atoms. The van der Waals surface area contributed by atoms with E-state index in [1.54, 1.807) is 6.20 Å². The summed E-state index contributed by atoms with van der Waals surface area (Å²) in [6.45, 7) is 6.42. The van der Waals surface area contributed by atoms with Crippen LogP contribution in [0.2, 0.25) is 0 Å². The summed E-state index contributed by atoms with van der Waals surface area (Å²) in [5.74, 6) is 0.0440. The Bertz CT molecular complexity index is 799. The van der Waals surface area contributed by atoms with Gasteiger partial charge in [0.1, 0.15) is 18.1 Å². The Morgan fingerprint density at radius 1 is 1.36 bits per heavy atom. The van der Waals surface area contributed by atoms with Crippen molar-refractivity contribution < 1.29 is 13.8 Å². The number of ketones is 1. The van der Waals surface area contributed by atoms with E-state index in [0.29, 0.717) is 12.1 Å². The van der Waals surface area contributed by atoms with Crippen LogP contribution in [0.4, 0.5) is 10.2 Å². The Morgan fingerprint density at radius 3 is 2.60 bits per heavy atom. The van der Waals surface area contributed by atoms with Crippen molar-refractivity contribution >= 4 is 11.6 Å². The summed E-state index contributed by atoms with van der Waals surface area (Å²) < 4.78 is 18.7. The van der Waals surface area contributed by atoms with Crippen LogP contribution in [-0.2, 0) is 18.0 Å². The van der Waals surface area contributed by atoms with Crippen molar-refractivity contribution in [2.45, 2.75) is 59.3 Å². The second kappa shape index (κ2) is 8.00. The first-order valence-corrected chi connectivity index (χ1v) is 8.12. The fraction of sp³-hybridized carbons (Fsp3) is 0.562. The number of alkyl halides is 1. The van der Waals surface area contributed by atoms with Crippen molar-refractivity contribution in [2.24, 2.45) is 0 Å². The summed E-state index contributed by atoms with van der Waals surface area (Å²) in [5.41, 5.74) is 0.599. The number of anilines is 1. The third-order valence-corrected chi connectivity index (χ3v) is 3.92. The predicted octanol–water partition coefficient (Wildman–Crippen LogP) is 2.37. The Balaban J connectivity index is 2.41. The molecule has 0 aliphatic rings. The molecule has 0 saturated heterocycles. The second-order valence-corrected chi connectivity index (χ2v) is 6.06. The number of halogens is 1. The molecule has 0 aromatic carbocycles. The van der Waals surface area contributed by atoms with Crippen molar-refractivity contribution in [3.8, 4) is 0 Å². The van der Waals surface area contributed by atoms with E-state index in [1.807, 2.05) is 20.8 Å². The number of carbonyl (C=O) groups excluding carboxylic acids is 1. The molecule has 1 atom stereocenters. The lowest BCUT2D eigenvalue weighted by Crippen LogP contribution is -2.32. The molecule has 0 bridgehead atoms. The van der Waals surface area contributed by atoms with Gasteiger partial charge in [0.15, 0.2) is 11.6 Å². The fourth-order valence-corrected chi connectivity index (χ4v) is 2.46. The van der Waals surface area contributed by atoms with E-state index in [0.717, 1.165) is 0 Å². The summed E-state index contributed by atoms with van der Waals surface area (Å²) in [7, 11) is 0. The molecule has 0 spiro atoms. The third-order valence-electron chi connectivity index (χ3n) is 3.92. The number of carbonyl (C=O) groups is 1. The quantitative estimate of drug-likeness (QED) is 0.778. The van der Waals surface area contributed by atoms with E-state index in [-0.39, 0.29) is 35.5 Å². The maximum absolute atomic E-state index is 12.8. The molecule has 9 heteroatoms. The Hall–Kier alpha value is -2.58. The van der Waals surface area contributed by atoms with Gasteiger partial charge >= 0.3 is 0 Å². The summed E-state index contributed by atoms with van der Waals surface area (Å²) >= 11 is 0. The lowest BCUT2D eigenvalue weighted by atomic mass is 10.1. The highest BCUT2D eigenvalue weighted by Gasteiger charge is 2.20. The van der Waals surface area contributed by atoms with Crippen molar-refractivity contribution in [2.75, 3.05) is 5.32 Å². The van der Waals surface area contributed by atoms with E-state index < -0.39 is 18.3 Å². The first kappa shape index (κ1) is 18.8. The molecule has 1 N–H and O–H groups in total. The van der Waals surface area contributed by atoms with Crippen LogP contribution in [-0.4, -0.2) is 25.6 Å². The molecule has 136 valence electrons. The zero-order valence-corrected chi connectivity index (χ0v) is 14.7. The topological polar surface area (TPSA) is 103 Å². The van der Waals surface area contributed by atoms with E-state index in [1.165, 1.54) is 11.5 Å². The number of rotatable bonds is 8. The van der Waals surface area contributed by atoms with Gasteiger partial charge in [-0.3, -0.25) is 9.59 Å². The molecular formula is C16H22FN5O3. The Labute approximate surface area is 144 Å². The molecule has 8 nitrogen and oxygen atoms in total. The highest BCUT2D eigenvalue weighted by atomic mass is 19.1. The van der Waals surface area contributed by atoms with Crippen molar-refractivity contribution in [3.05, 3.63) is 33.6 Å². The minimum atomic E-state index is -0.813. The fourth-order valence-electron chi connectivity index (χ4n) is 2.46. The number of nitrogens with zero attached hydrogens (tertiary/aromatic N) is 4. The van der Waals surface area contributed by atoms with Crippen LogP contribution in [0.15, 0.2) is 15.6 Å². The summed E-state index contributed by atoms with van der Waals surface area (Å²) in [6.07, 6.45) is 2.12. The van der Waals surface area contributed by atoms with Gasteiger partial charge in [0.05, 0.1) is 18.3 Å². The van der Waals surface area contributed by atoms with E-state index in [9.17, 15) is 14.0 Å². The molecule has 0 radical (unpaired) electrons. The SMILES string of the molecule is CCC(C(C)=O)n1cc(C(C)C)nc(NCc2nonc2CF)c1=O. The minimum Gasteiger partial charge on any atom is -0.360 e. The van der Waals surface area contributed by atoms with Crippen LogP contribution in [0.5, 0.6) is 0 Å². The first-order valence-electron chi connectivity index (χ1n) is 8.12. The summed E-state index contributed by atoms with van der Waals surface area (Å²) in [5, 5.41) is 9.92. The standard InChI is InChI=1S/C16H22FN5O3/c1-5-14(10(4)23)22-8-13(9(2)3)19-15(16(22)24)18-7-12-11(6-17)20-25-21-12/h8-9,14H,5-7H2,1-4H3,(H,18,19). The molecule has 0 amide bonds. The number of Topliss-reactive ketones (excluding diaryl/α,β-unsaturated/α-hetero) is 1. The molecular weight excluding hydrogens is 329 g/mol. The maximum Gasteiger partial charge on any atom is 0.293 e. The van der Waals surface area contributed by atoms with Gasteiger partial charge in [0.25, 0.3) is 5.56 Å². The van der Waals surface area contributed by atoms with Gasteiger partial charge < -0.3 is 9.88 Å². The van der Waals surface area contributed by atoms with Gasteiger partial charge in [-0.1, -0.05) is 31.1 Å². The van der Waals surface area contributed by atoms with Gasteiger partial charge in [0, 0.05) is 6.20 Å². The van der Waals surface area contributed by atoms with Crippen LogP contribution in [0, 0.1) is 0 Å². The monoisotopic (exact) mass is 351 g/mol. The highest BCUT2D eigenvalue weighted by molar-refractivity contribution is 5.79. The zero-order chi connectivity index (χ0) is 18.6. The Morgan fingerprint density at radius 2 is 2.04 bits per heavy atom. The smallest absolute Gasteiger partial charge is 0.293 e. The largest absolute Gasteiger partial charge is 0.360 e. The highest BCUT2D eigenvalue weighted by Crippen LogP contribution is 2.17. The summed E-state index contributed by atoms with van der Waals surface area (Å²) in [6, 6.07) is -0.552. The van der Waals surface area contributed by atoms with Crippen LogP contribution in [0.1, 0.15) is 63.2 Å². The van der Waals surface area contributed by atoms with Crippen molar-refractivity contribution in [1.82, 2.24) is 19.9 Å². The number of hydrogen-bond donors (Lipinski definition) is 1. The normalized spacial score (nSPS) is 12.4. The third kappa shape index (κ3) is 4.09. The zero-order valence-electron chi connectivity index (χ0n) is 14.7. The molecule has 2 aromatic rings. The minimum absolute atomic E-state index is 0.0450. The molecule has 0 saturated carbocycles.